The van der Waals surface area contributed by atoms with E-state index >= 15 is 0 Å². The molecule has 28 heavy (non-hydrogen) atoms. The summed E-state index contributed by atoms with van der Waals surface area (Å²) in [5, 5.41) is 4.33. The molecule has 2 aliphatic rings. The maximum absolute atomic E-state index is 13.2. The van der Waals surface area contributed by atoms with Crippen LogP contribution in [0.3, 0.4) is 0 Å². The van der Waals surface area contributed by atoms with Crippen molar-refractivity contribution in [2.75, 3.05) is 20.1 Å². The van der Waals surface area contributed by atoms with Crippen LogP contribution in [0.25, 0.3) is 0 Å². The molecule has 5 heteroatoms. The number of likely N-dealkylation sites (N-methyl/N-ethyl adjacent to an activating group) is 1. The van der Waals surface area contributed by atoms with Crippen molar-refractivity contribution in [1.29, 1.82) is 0 Å². The number of hydrogen-bond acceptors (Lipinski definition) is 3. The minimum absolute atomic E-state index is 0.282. The van der Waals surface area contributed by atoms with Gasteiger partial charge in [-0.2, -0.15) is 5.10 Å². The highest BCUT2D eigenvalue weighted by Crippen LogP contribution is 2.38. The van der Waals surface area contributed by atoms with Crippen molar-refractivity contribution in [2.45, 2.75) is 63.6 Å². The first-order valence-corrected chi connectivity index (χ1v) is 10.7. The molecule has 0 N–H and O–H groups in total. The summed E-state index contributed by atoms with van der Waals surface area (Å²) in [6, 6.07) is 11.6. The van der Waals surface area contributed by atoms with Gasteiger partial charge in [-0.1, -0.05) is 36.8 Å². The van der Waals surface area contributed by atoms with Crippen LogP contribution in [-0.2, 0) is 11.3 Å². The summed E-state index contributed by atoms with van der Waals surface area (Å²) in [5.74, 6) is 0.789. The highest BCUT2D eigenvalue weighted by atomic mass is 16.2. The van der Waals surface area contributed by atoms with Gasteiger partial charge in [0, 0.05) is 43.7 Å². The summed E-state index contributed by atoms with van der Waals surface area (Å²) in [7, 11) is 2.25. The first-order valence-electron chi connectivity index (χ1n) is 10.7. The van der Waals surface area contributed by atoms with Crippen LogP contribution >= 0.6 is 0 Å². The largest absolute Gasteiger partial charge is 0.338 e. The summed E-state index contributed by atoms with van der Waals surface area (Å²) < 4.78 is 1.89. The Morgan fingerprint density at radius 3 is 2.71 bits per heavy atom. The standard InChI is InChI=1S/C23H32N4O/c1-18-16-24-26(17-18)14-12-22(28)27-15-11-20(19-8-4-3-5-9-19)23-21(27)10-6-7-13-25(23)2/h3-5,8-9,16-17,20-21,23H,6-7,10-15H2,1-2H3/t20-,21-,23-/m1/s1. The molecule has 3 atom stereocenters. The zero-order valence-electron chi connectivity index (χ0n) is 17.1. The Labute approximate surface area is 168 Å². The first kappa shape index (κ1) is 19.2. The highest BCUT2D eigenvalue weighted by Gasteiger charge is 2.43. The number of benzene rings is 1. The van der Waals surface area contributed by atoms with Crippen LogP contribution in [0.5, 0.6) is 0 Å². The van der Waals surface area contributed by atoms with Gasteiger partial charge >= 0.3 is 0 Å². The second kappa shape index (κ2) is 8.48. The third-order valence-electron chi connectivity index (χ3n) is 6.52. The number of amides is 1. The van der Waals surface area contributed by atoms with Crippen molar-refractivity contribution < 1.29 is 4.79 Å². The van der Waals surface area contributed by atoms with Gasteiger partial charge in [-0.3, -0.25) is 9.48 Å². The number of fused-ring (bicyclic) bond motifs is 1. The van der Waals surface area contributed by atoms with Gasteiger partial charge in [0.15, 0.2) is 0 Å². The van der Waals surface area contributed by atoms with Crippen molar-refractivity contribution in [3.05, 3.63) is 53.9 Å². The van der Waals surface area contributed by atoms with E-state index in [4.69, 9.17) is 0 Å². The van der Waals surface area contributed by atoms with Crippen LogP contribution in [0, 0.1) is 6.92 Å². The molecular weight excluding hydrogens is 348 g/mol. The Morgan fingerprint density at radius 2 is 1.96 bits per heavy atom. The normalized spacial score (nSPS) is 25.9. The molecule has 3 heterocycles. The second-order valence-corrected chi connectivity index (χ2v) is 8.46. The Morgan fingerprint density at radius 1 is 1.14 bits per heavy atom. The summed E-state index contributed by atoms with van der Waals surface area (Å²) in [4.78, 5) is 17.9. The quantitative estimate of drug-likeness (QED) is 0.816. The molecule has 0 saturated carbocycles. The van der Waals surface area contributed by atoms with Gasteiger partial charge in [0.05, 0.1) is 6.20 Å². The maximum Gasteiger partial charge on any atom is 0.224 e. The molecule has 0 bridgehead atoms. The van der Waals surface area contributed by atoms with Crippen LogP contribution < -0.4 is 0 Å². The Balaban J connectivity index is 1.52. The average Bonchev–Trinajstić information content (AvgIpc) is 3.04. The first-order chi connectivity index (χ1) is 13.6. The fraction of sp³-hybridized carbons (Fsp3) is 0.565. The molecule has 2 saturated heterocycles. The minimum Gasteiger partial charge on any atom is -0.338 e. The number of nitrogens with zero attached hydrogens (tertiary/aromatic N) is 4. The Hall–Kier alpha value is -2.14. The average molecular weight is 381 g/mol. The topological polar surface area (TPSA) is 41.4 Å². The summed E-state index contributed by atoms with van der Waals surface area (Å²) in [6.45, 7) is 4.69. The van der Waals surface area contributed by atoms with Crippen LogP contribution in [0.15, 0.2) is 42.7 Å². The van der Waals surface area contributed by atoms with Gasteiger partial charge < -0.3 is 9.80 Å². The molecular formula is C23H32N4O. The second-order valence-electron chi connectivity index (χ2n) is 8.46. The number of carbonyl (C=O) groups excluding carboxylic acids is 1. The molecule has 5 nitrogen and oxygen atoms in total. The van der Waals surface area contributed by atoms with Crippen molar-refractivity contribution in [1.82, 2.24) is 19.6 Å². The van der Waals surface area contributed by atoms with Crippen molar-refractivity contribution in [3.8, 4) is 0 Å². The van der Waals surface area contributed by atoms with Crippen molar-refractivity contribution in [2.24, 2.45) is 0 Å². The van der Waals surface area contributed by atoms with E-state index in [1.807, 2.05) is 24.0 Å². The number of aryl methyl sites for hydroxylation is 2. The van der Waals surface area contributed by atoms with E-state index < -0.39 is 0 Å². The minimum atomic E-state index is 0.282. The summed E-state index contributed by atoms with van der Waals surface area (Å²) >= 11 is 0. The lowest BCUT2D eigenvalue weighted by atomic mass is 9.79. The van der Waals surface area contributed by atoms with Crippen molar-refractivity contribution >= 4 is 5.91 Å². The van der Waals surface area contributed by atoms with Gasteiger partial charge in [-0.25, -0.2) is 0 Å². The molecule has 4 rings (SSSR count). The molecule has 150 valence electrons. The van der Waals surface area contributed by atoms with Crippen LogP contribution in [-0.4, -0.2) is 57.7 Å². The fourth-order valence-corrected chi connectivity index (χ4v) is 5.18. The SMILES string of the molecule is Cc1cnn(CCC(=O)N2CC[C@H](c3ccccc3)[C@@H]3[C@H]2CCCCN3C)c1. The van der Waals surface area contributed by atoms with E-state index in [9.17, 15) is 4.79 Å². The van der Waals surface area contributed by atoms with Gasteiger partial charge in [-0.15, -0.1) is 0 Å². The summed E-state index contributed by atoms with van der Waals surface area (Å²) in [5.41, 5.74) is 2.56. The third-order valence-corrected chi connectivity index (χ3v) is 6.52. The maximum atomic E-state index is 13.2. The smallest absolute Gasteiger partial charge is 0.224 e. The molecule has 0 unspecified atom stereocenters. The van der Waals surface area contributed by atoms with E-state index in [1.165, 1.54) is 18.4 Å². The van der Waals surface area contributed by atoms with E-state index in [2.05, 4.69) is 52.3 Å². The van der Waals surface area contributed by atoms with Gasteiger partial charge in [0.1, 0.15) is 0 Å². The molecule has 1 aromatic heterocycles. The number of carbonyl (C=O) groups is 1. The number of piperidine rings is 1. The Kier molecular flexibility index (Phi) is 5.81. The molecule has 0 radical (unpaired) electrons. The molecule has 0 spiro atoms. The number of likely N-dealkylation sites (tertiary alicyclic amines) is 2. The molecule has 0 aliphatic carbocycles. The third kappa shape index (κ3) is 4.00. The van der Waals surface area contributed by atoms with Gasteiger partial charge in [0.2, 0.25) is 5.91 Å². The van der Waals surface area contributed by atoms with Crippen LogP contribution in [0.2, 0.25) is 0 Å². The molecule has 2 fully saturated rings. The number of hydrogen-bond donors (Lipinski definition) is 0. The fourth-order valence-electron chi connectivity index (χ4n) is 5.18. The van der Waals surface area contributed by atoms with E-state index in [-0.39, 0.29) is 5.91 Å². The number of aromatic nitrogens is 2. The predicted octanol–water partition coefficient (Wildman–Crippen LogP) is 3.45. The van der Waals surface area contributed by atoms with E-state index in [1.54, 1.807) is 0 Å². The number of rotatable bonds is 4. The highest BCUT2D eigenvalue weighted by molar-refractivity contribution is 5.76. The molecule has 2 aromatic rings. The Bertz CT molecular complexity index is 787. The van der Waals surface area contributed by atoms with Gasteiger partial charge in [-0.05, 0) is 50.9 Å². The monoisotopic (exact) mass is 380 g/mol. The van der Waals surface area contributed by atoms with Crippen LogP contribution in [0.4, 0.5) is 0 Å². The predicted molar refractivity (Wildman–Crippen MR) is 111 cm³/mol. The lowest BCUT2D eigenvalue weighted by Crippen LogP contribution is -2.58. The van der Waals surface area contributed by atoms with Crippen molar-refractivity contribution in [3.63, 3.8) is 0 Å². The lowest BCUT2D eigenvalue weighted by molar-refractivity contribution is -0.137. The van der Waals surface area contributed by atoms with Gasteiger partial charge in [0.25, 0.3) is 0 Å². The molecule has 1 amide bonds. The lowest BCUT2D eigenvalue weighted by Gasteiger charge is -2.48. The zero-order chi connectivity index (χ0) is 19.5. The summed E-state index contributed by atoms with van der Waals surface area (Å²) in [6.07, 6.45) is 8.98. The van der Waals surface area contributed by atoms with Crippen LogP contribution in [0.1, 0.15) is 49.1 Å². The molecule has 1 aromatic carbocycles. The zero-order valence-corrected chi connectivity index (χ0v) is 17.1. The van der Waals surface area contributed by atoms with E-state index in [0.29, 0.717) is 31.0 Å². The van der Waals surface area contributed by atoms with E-state index in [0.717, 1.165) is 31.5 Å². The molecule has 2 aliphatic heterocycles.